The van der Waals surface area contributed by atoms with Crippen LogP contribution in [0.4, 0.5) is 0 Å². The molecule has 0 radical (unpaired) electrons. The van der Waals surface area contributed by atoms with E-state index in [2.05, 4.69) is 0 Å². The van der Waals surface area contributed by atoms with E-state index in [-0.39, 0.29) is 11.5 Å². The van der Waals surface area contributed by atoms with Crippen LogP contribution < -0.4 is 0 Å². The standard InChI is InChI=1S/C16H18O9/c17-9-3-1-8(5-10(9)18)2-4-13(20)25-12-7-16(24,15(22)23)6-11(19)14(12)21/h1-5,11-12,14,17-19,21,24H,6-7H2,(H,22,23)/b4-2+/t11-,12+,14+,16-/m0/s1. The number of aromatic hydroxyl groups is 2. The molecule has 4 atom stereocenters. The molecule has 2 rings (SSSR count). The van der Waals surface area contributed by atoms with Crippen molar-refractivity contribution in [1.82, 2.24) is 0 Å². The molecule has 0 amide bonds. The first-order valence-electron chi connectivity index (χ1n) is 7.35. The maximum atomic E-state index is 11.8. The Kier molecular flexibility index (Phi) is 5.31. The second-order valence-corrected chi connectivity index (χ2v) is 5.86. The Hall–Kier alpha value is -2.62. The number of aliphatic hydroxyl groups is 3. The van der Waals surface area contributed by atoms with Gasteiger partial charge in [-0.3, -0.25) is 0 Å². The van der Waals surface area contributed by atoms with Crippen LogP contribution in [0.15, 0.2) is 24.3 Å². The normalized spacial score (nSPS) is 29.5. The third kappa shape index (κ3) is 4.27. The van der Waals surface area contributed by atoms with E-state index in [1.54, 1.807) is 0 Å². The smallest absolute Gasteiger partial charge is 0.335 e. The van der Waals surface area contributed by atoms with Crippen LogP contribution in [0.5, 0.6) is 11.5 Å². The van der Waals surface area contributed by atoms with Crippen molar-refractivity contribution >= 4 is 18.0 Å². The van der Waals surface area contributed by atoms with Crippen molar-refractivity contribution in [2.45, 2.75) is 36.8 Å². The van der Waals surface area contributed by atoms with Crippen molar-refractivity contribution in [3.05, 3.63) is 29.8 Å². The molecular weight excluding hydrogens is 336 g/mol. The van der Waals surface area contributed by atoms with Gasteiger partial charge in [0.2, 0.25) is 0 Å². The Morgan fingerprint density at radius 3 is 2.44 bits per heavy atom. The van der Waals surface area contributed by atoms with Crippen molar-refractivity contribution in [2.24, 2.45) is 0 Å². The number of hydrogen-bond donors (Lipinski definition) is 6. The van der Waals surface area contributed by atoms with E-state index < -0.39 is 48.7 Å². The van der Waals surface area contributed by atoms with E-state index in [1.807, 2.05) is 0 Å². The predicted octanol–water partition coefficient (Wildman–Crippen LogP) is -0.646. The van der Waals surface area contributed by atoms with Gasteiger partial charge in [0.05, 0.1) is 6.10 Å². The number of carbonyl (C=O) groups excluding carboxylic acids is 1. The van der Waals surface area contributed by atoms with Crippen LogP contribution in [0.3, 0.4) is 0 Å². The molecule has 0 aliphatic heterocycles. The van der Waals surface area contributed by atoms with Gasteiger partial charge in [0.25, 0.3) is 0 Å². The minimum absolute atomic E-state index is 0.327. The molecule has 0 aromatic heterocycles. The van der Waals surface area contributed by atoms with Crippen LogP contribution in [0.25, 0.3) is 6.08 Å². The first-order valence-corrected chi connectivity index (χ1v) is 7.35. The SMILES string of the molecule is O=C(/C=C/c1ccc(O)c(O)c1)O[C@@H]1C[C@](O)(C(=O)O)C[C@H](O)[C@H]1O. The summed E-state index contributed by atoms with van der Waals surface area (Å²) in [4.78, 5) is 22.9. The second kappa shape index (κ2) is 7.09. The van der Waals surface area contributed by atoms with Crippen molar-refractivity contribution in [3.8, 4) is 11.5 Å². The lowest BCUT2D eigenvalue weighted by Crippen LogP contribution is -2.57. The molecule has 0 saturated heterocycles. The number of ether oxygens (including phenoxy) is 1. The van der Waals surface area contributed by atoms with Crippen LogP contribution in [0, 0.1) is 0 Å². The highest BCUT2D eigenvalue weighted by atomic mass is 16.6. The molecule has 9 nitrogen and oxygen atoms in total. The molecule has 25 heavy (non-hydrogen) atoms. The van der Waals surface area contributed by atoms with Crippen LogP contribution in [-0.2, 0) is 14.3 Å². The van der Waals surface area contributed by atoms with Gasteiger partial charge in [-0.15, -0.1) is 0 Å². The van der Waals surface area contributed by atoms with E-state index in [1.165, 1.54) is 24.3 Å². The Bertz CT molecular complexity index is 699. The fourth-order valence-electron chi connectivity index (χ4n) is 2.53. The monoisotopic (exact) mass is 354 g/mol. The number of rotatable bonds is 4. The zero-order valence-corrected chi connectivity index (χ0v) is 12.9. The number of carbonyl (C=O) groups is 2. The molecule has 9 heteroatoms. The number of aliphatic hydroxyl groups excluding tert-OH is 2. The van der Waals surface area contributed by atoms with Gasteiger partial charge in [0, 0.05) is 18.9 Å². The summed E-state index contributed by atoms with van der Waals surface area (Å²) in [5, 5.41) is 57.0. The molecule has 1 aromatic carbocycles. The predicted molar refractivity (Wildman–Crippen MR) is 82.5 cm³/mol. The topological polar surface area (TPSA) is 165 Å². The maximum Gasteiger partial charge on any atom is 0.335 e. The maximum absolute atomic E-state index is 11.8. The van der Waals surface area contributed by atoms with E-state index in [0.29, 0.717) is 5.56 Å². The van der Waals surface area contributed by atoms with Gasteiger partial charge in [-0.25, -0.2) is 9.59 Å². The second-order valence-electron chi connectivity index (χ2n) is 5.86. The number of carboxylic acids is 1. The zero-order valence-electron chi connectivity index (χ0n) is 12.9. The number of benzene rings is 1. The highest BCUT2D eigenvalue weighted by Gasteiger charge is 2.50. The third-order valence-corrected chi connectivity index (χ3v) is 3.94. The summed E-state index contributed by atoms with van der Waals surface area (Å²) in [6.45, 7) is 0. The third-order valence-electron chi connectivity index (χ3n) is 3.94. The molecule has 1 aromatic rings. The summed E-state index contributed by atoms with van der Waals surface area (Å²) >= 11 is 0. The van der Waals surface area contributed by atoms with Gasteiger partial charge >= 0.3 is 11.9 Å². The molecule has 1 aliphatic carbocycles. The molecule has 136 valence electrons. The van der Waals surface area contributed by atoms with Crippen molar-refractivity contribution in [3.63, 3.8) is 0 Å². The number of hydrogen-bond acceptors (Lipinski definition) is 8. The highest BCUT2D eigenvalue weighted by molar-refractivity contribution is 5.87. The summed E-state index contributed by atoms with van der Waals surface area (Å²) in [7, 11) is 0. The van der Waals surface area contributed by atoms with E-state index >= 15 is 0 Å². The van der Waals surface area contributed by atoms with Crippen LogP contribution >= 0.6 is 0 Å². The molecule has 1 saturated carbocycles. The fraction of sp³-hybridized carbons (Fsp3) is 0.375. The van der Waals surface area contributed by atoms with Crippen LogP contribution in [0.1, 0.15) is 18.4 Å². The lowest BCUT2D eigenvalue weighted by Gasteiger charge is -2.39. The summed E-state index contributed by atoms with van der Waals surface area (Å²) in [6.07, 6.45) is -3.44. The molecule has 0 spiro atoms. The van der Waals surface area contributed by atoms with E-state index in [9.17, 15) is 35.1 Å². The van der Waals surface area contributed by atoms with Gasteiger partial charge < -0.3 is 35.4 Å². The molecule has 0 unspecified atom stereocenters. The molecular formula is C16H18O9. The quantitative estimate of drug-likeness (QED) is 0.234. The minimum Gasteiger partial charge on any atom is -0.504 e. The van der Waals surface area contributed by atoms with Gasteiger partial charge in [0.1, 0.15) is 12.2 Å². The first kappa shape index (κ1) is 18.7. The summed E-state index contributed by atoms with van der Waals surface area (Å²) in [5.41, 5.74) is -1.94. The van der Waals surface area contributed by atoms with Gasteiger partial charge in [-0.05, 0) is 23.8 Å². The van der Waals surface area contributed by atoms with E-state index in [0.717, 1.165) is 6.08 Å². The lowest BCUT2D eigenvalue weighted by atomic mass is 9.79. The summed E-state index contributed by atoms with van der Waals surface area (Å²) < 4.78 is 4.92. The van der Waals surface area contributed by atoms with Gasteiger partial charge in [0.15, 0.2) is 17.1 Å². The summed E-state index contributed by atoms with van der Waals surface area (Å²) in [6, 6.07) is 3.83. The van der Waals surface area contributed by atoms with Crippen LogP contribution in [-0.4, -0.2) is 66.5 Å². The van der Waals surface area contributed by atoms with Crippen LogP contribution in [0.2, 0.25) is 0 Å². The average molecular weight is 354 g/mol. The van der Waals surface area contributed by atoms with Crippen molar-refractivity contribution in [2.75, 3.05) is 0 Å². The van der Waals surface area contributed by atoms with Crippen molar-refractivity contribution in [1.29, 1.82) is 0 Å². The van der Waals surface area contributed by atoms with Gasteiger partial charge in [-0.1, -0.05) is 6.07 Å². The Morgan fingerprint density at radius 2 is 1.84 bits per heavy atom. The molecule has 0 heterocycles. The van der Waals surface area contributed by atoms with E-state index in [4.69, 9.17) is 9.84 Å². The zero-order chi connectivity index (χ0) is 18.8. The Morgan fingerprint density at radius 1 is 1.16 bits per heavy atom. The van der Waals surface area contributed by atoms with Gasteiger partial charge in [-0.2, -0.15) is 0 Å². The number of phenolic OH excluding ortho intramolecular Hbond substituents is 2. The summed E-state index contributed by atoms with van der Waals surface area (Å²) in [5.74, 6) is -3.24. The molecule has 1 fully saturated rings. The van der Waals surface area contributed by atoms with Crippen molar-refractivity contribution < 1.29 is 45.0 Å². The number of aliphatic carboxylic acids is 1. The average Bonchev–Trinajstić information content (AvgIpc) is 2.53. The Balaban J connectivity index is 2.06. The largest absolute Gasteiger partial charge is 0.504 e. The minimum atomic E-state index is -2.31. The first-order chi connectivity index (χ1) is 11.6. The molecule has 1 aliphatic rings. The number of esters is 1. The molecule has 6 N–H and O–H groups in total. The number of carboxylic acid groups (broad SMARTS) is 1. The fourth-order valence-corrected chi connectivity index (χ4v) is 2.53. The number of phenols is 2. The molecule has 0 bridgehead atoms. The highest BCUT2D eigenvalue weighted by Crippen LogP contribution is 2.31. The lowest BCUT2D eigenvalue weighted by molar-refractivity contribution is -0.196. The Labute approximate surface area is 142 Å².